The molecule has 0 radical (unpaired) electrons. The van der Waals surface area contributed by atoms with Crippen LogP contribution in [0.4, 0.5) is 0 Å². The van der Waals surface area contributed by atoms with E-state index in [-0.39, 0.29) is 23.9 Å². The summed E-state index contributed by atoms with van der Waals surface area (Å²) in [7, 11) is -2.03. The van der Waals surface area contributed by atoms with Gasteiger partial charge in [0.25, 0.3) is 0 Å². The standard InChI is InChI=1S/C21H22BrN3O4S/c1-29-20-8-4-16(14-19(20)22)5-9-21(26)24-10-12-25(13-11-24)30(27,28)18-6-2-17(15-23)3-7-18/h2-4,6-8,14H,5,9-13H2,1H3. The maximum Gasteiger partial charge on any atom is 0.243 e. The second-order valence-electron chi connectivity index (χ2n) is 6.89. The average Bonchev–Trinajstić information content (AvgIpc) is 2.77. The van der Waals surface area contributed by atoms with Gasteiger partial charge < -0.3 is 9.64 Å². The van der Waals surface area contributed by atoms with Crippen molar-refractivity contribution in [3.63, 3.8) is 0 Å². The quantitative estimate of drug-likeness (QED) is 0.619. The third-order valence-electron chi connectivity index (χ3n) is 5.06. The fourth-order valence-electron chi connectivity index (χ4n) is 3.30. The molecule has 0 aliphatic carbocycles. The van der Waals surface area contributed by atoms with Crippen LogP contribution in [0.5, 0.6) is 5.75 Å². The Morgan fingerprint density at radius 2 is 1.80 bits per heavy atom. The Bertz CT molecular complexity index is 1060. The normalized spacial score (nSPS) is 14.9. The fourth-order valence-corrected chi connectivity index (χ4v) is 5.31. The highest BCUT2D eigenvalue weighted by molar-refractivity contribution is 9.10. The Hall–Kier alpha value is -2.41. The third-order valence-corrected chi connectivity index (χ3v) is 7.59. The summed E-state index contributed by atoms with van der Waals surface area (Å²) in [5, 5.41) is 8.86. The number of carbonyl (C=O) groups excluding carboxylic acids is 1. The van der Waals surface area contributed by atoms with E-state index >= 15 is 0 Å². The highest BCUT2D eigenvalue weighted by Gasteiger charge is 2.29. The number of hydrogen-bond acceptors (Lipinski definition) is 5. The van der Waals surface area contributed by atoms with Gasteiger partial charge in [0, 0.05) is 32.6 Å². The van der Waals surface area contributed by atoms with Crippen LogP contribution in [-0.4, -0.2) is 56.8 Å². The minimum Gasteiger partial charge on any atom is -0.496 e. The van der Waals surface area contributed by atoms with Gasteiger partial charge in [0.2, 0.25) is 15.9 Å². The van der Waals surface area contributed by atoms with Gasteiger partial charge in [-0.1, -0.05) is 6.07 Å². The third kappa shape index (κ3) is 5.01. The van der Waals surface area contributed by atoms with Gasteiger partial charge in [-0.2, -0.15) is 9.57 Å². The molecule has 0 bridgehead atoms. The predicted molar refractivity (Wildman–Crippen MR) is 116 cm³/mol. The molecule has 0 atom stereocenters. The minimum atomic E-state index is -3.63. The summed E-state index contributed by atoms with van der Waals surface area (Å²) >= 11 is 3.44. The van der Waals surface area contributed by atoms with Gasteiger partial charge in [-0.3, -0.25) is 4.79 Å². The summed E-state index contributed by atoms with van der Waals surface area (Å²) in [6, 6.07) is 13.6. The molecule has 1 heterocycles. The molecular weight excluding hydrogens is 470 g/mol. The summed E-state index contributed by atoms with van der Waals surface area (Å²) in [6.07, 6.45) is 0.965. The van der Waals surface area contributed by atoms with Crippen LogP contribution in [0.15, 0.2) is 51.8 Å². The van der Waals surface area contributed by atoms with E-state index in [0.717, 1.165) is 15.8 Å². The highest BCUT2D eigenvalue weighted by Crippen LogP contribution is 2.26. The molecule has 1 aliphatic heterocycles. The molecule has 3 rings (SSSR count). The Morgan fingerprint density at radius 3 is 2.37 bits per heavy atom. The maximum atomic E-state index is 12.8. The van der Waals surface area contributed by atoms with Gasteiger partial charge in [-0.25, -0.2) is 8.42 Å². The van der Waals surface area contributed by atoms with Gasteiger partial charge in [0.05, 0.1) is 28.1 Å². The van der Waals surface area contributed by atoms with E-state index in [1.54, 1.807) is 12.0 Å². The van der Waals surface area contributed by atoms with Crippen molar-refractivity contribution in [2.45, 2.75) is 17.7 Å². The summed E-state index contributed by atoms with van der Waals surface area (Å²) < 4.78 is 33.0. The van der Waals surface area contributed by atoms with Crippen molar-refractivity contribution in [1.29, 1.82) is 5.26 Å². The second-order valence-corrected chi connectivity index (χ2v) is 9.68. The lowest BCUT2D eigenvalue weighted by Gasteiger charge is -2.34. The van der Waals surface area contributed by atoms with E-state index in [2.05, 4.69) is 15.9 Å². The average molecular weight is 492 g/mol. The van der Waals surface area contributed by atoms with Gasteiger partial charge in [0.15, 0.2) is 0 Å². The summed E-state index contributed by atoms with van der Waals surface area (Å²) in [6.45, 7) is 1.23. The second kappa shape index (κ2) is 9.60. The topological polar surface area (TPSA) is 90.7 Å². The van der Waals surface area contributed by atoms with Crippen LogP contribution in [0.3, 0.4) is 0 Å². The summed E-state index contributed by atoms with van der Waals surface area (Å²) in [5.41, 5.74) is 1.44. The Labute approximate surface area is 185 Å². The molecule has 1 fully saturated rings. The SMILES string of the molecule is COc1ccc(CCC(=O)N2CCN(S(=O)(=O)c3ccc(C#N)cc3)CC2)cc1Br. The van der Waals surface area contributed by atoms with Crippen LogP contribution in [-0.2, 0) is 21.2 Å². The Balaban J connectivity index is 1.54. The molecule has 1 aliphatic rings. The number of hydrogen-bond donors (Lipinski definition) is 0. The van der Waals surface area contributed by atoms with Crippen molar-refractivity contribution in [3.8, 4) is 11.8 Å². The van der Waals surface area contributed by atoms with Crippen molar-refractivity contribution in [1.82, 2.24) is 9.21 Å². The Kier molecular flexibility index (Phi) is 7.13. The van der Waals surface area contributed by atoms with E-state index in [0.29, 0.717) is 31.5 Å². The van der Waals surface area contributed by atoms with Gasteiger partial charge >= 0.3 is 0 Å². The number of nitriles is 1. The van der Waals surface area contributed by atoms with E-state index in [1.165, 1.54) is 28.6 Å². The number of sulfonamides is 1. The number of rotatable bonds is 6. The maximum absolute atomic E-state index is 12.8. The molecule has 2 aromatic rings. The zero-order valence-electron chi connectivity index (χ0n) is 16.5. The first kappa shape index (κ1) is 22.3. The zero-order chi connectivity index (χ0) is 21.7. The molecule has 1 amide bonds. The molecule has 158 valence electrons. The van der Waals surface area contributed by atoms with Crippen molar-refractivity contribution >= 4 is 31.9 Å². The number of methoxy groups -OCH3 is 1. The van der Waals surface area contributed by atoms with Crippen LogP contribution in [0, 0.1) is 11.3 Å². The number of benzene rings is 2. The van der Waals surface area contributed by atoms with Crippen LogP contribution >= 0.6 is 15.9 Å². The van der Waals surface area contributed by atoms with Crippen LogP contribution in [0.2, 0.25) is 0 Å². The molecule has 1 saturated heterocycles. The van der Waals surface area contributed by atoms with Gasteiger partial charge in [0.1, 0.15) is 5.75 Å². The molecule has 0 saturated carbocycles. The van der Waals surface area contributed by atoms with Crippen molar-refractivity contribution in [2.75, 3.05) is 33.3 Å². The number of aryl methyl sites for hydroxylation is 1. The molecule has 30 heavy (non-hydrogen) atoms. The first-order chi connectivity index (χ1) is 14.3. The van der Waals surface area contributed by atoms with Crippen LogP contribution in [0.1, 0.15) is 17.5 Å². The molecule has 7 nitrogen and oxygen atoms in total. The van der Waals surface area contributed by atoms with Crippen molar-refractivity contribution in [2.24, 2.45) is 0 Å². The summed E-state index contributed by atoms with van der Waals surface area (Å²) in [4.78, 5) is 14.4. The molecule has 2 aromatic carbocycles. The lowest BCUT2D eigenvalue weighted by Crippen LogP contribution is -2.50. The number of piperazine rings is 1. The lowest BCUT2D eigenvalue weighted by atomic mass is 10.1. The van der Waals surface area contributed by atoms with Gasteiger partial charge in [-0.15, -0.1) is 0 Å². The number of amides is 1. The smallest absolute Gasteiger partial charge is 0.243 e. The largest absolute Gasteiger partial charge is 0.496 e. The van der Waals surface area contributed by atoms with E-state index < -0.39 is 10.0 Å². The fraction of sp³-hybridized carbons (Fsp3) is 0.333. The number of ether oxygens (including phenoxy) is 1. The minimum absolute atomic E-state index is 0.0114. The van der Waals surface area contributed by atoms with E-state index in [4.69, 9.17) is 10.00 Å². The molecule has 0 N–H and O–H groups in total. The molecule has 9 heteroatoms. The first-order valence-corrected chi connectivity index (χ1v) is 11.7. The zero-order valence-corrected chi connectivity index (χ0v) is 18.9. The predicted octanol–water partition coefficient (Wildman–Crippen LogP) is 2.80. The van der Waals surface area contributed by atoms with Crippen LogP contribution < -0.4 is 4.74 Å². The Morgan fingerprint density at radius 1 is 1.13 bits per heavy atom. The van der Waals surface area contributed by atoms with Crippen molar-refractivity contribution < 1.29 is 17.9 Å². The first-order valence-electron chi connectivity index (χ1n) is 9.45. The molecular formula is C21H22BrN3O4S. The molecule has 0 spiro atoms. The summed E-state index contributed by atoms with van der Waals surface area (Å²) in [5.74, 6) is 0.752. The van der Waals surface area contributed by atoms with E-state index in [9.17, 15) is 13.2 Å². The number of halogens is 1. The molecule has 0 unspecified atom stereocenters. The van der Waals surface area contributed by atoms with Gasteiger partial charge in [-0.05, 0) is 64.3 Å². The van der Waals surface area contributed by atoms with Crippen LogP contribution in [0.25, 0.3) is 0 Å². The number of nitrogens with zero attached hydrogens (tertiary/aromatic N) is 3. The molecule has 0 aromatic heterocycles. The number of carbonyl (C=O) groups is 1. The van der Waals surface area contributed by atoms with E-state index in [1.807, 2.05) is 24.3 Å². The highest BCUT2D eigenvalue weighted by atomic mass is 79.9. The monoisotopic (exact) mass is 491 g/mol. The van der Waals surface area contributed by atoms with Crippen molar-refractivity contribution in [3.05, 3.63) is 58.1 Å². The lowest BCUT2D eigenvalue weighted by molar-refractivity contribution is -0.132.